The van der Waals surface area contributed by atoms with Gasteiger partial charge in [0.05, 0.1) is 13.2 Å². The van der Waals surface area contributed by atoms with Crippen LogP contribution < -0.4 is 10.5 Å². The van der Waals surface area contributed by atoms with Crippen LogP contribution in [0.1, 0.15) is 30.0 Å². The van der Waals surface area contributed by atoms with E-state index in [1.807, 2.05) is 0 Å². The maximum atomic E-state index is 5.77. The predicted molar refractivity (Wildman–Crippen MR) is 75.2 cm³/mol. The number of nitrogens with two attached hydrogens (primary N) is 1. The number of benzene rings is 1. The van der Waals surface area contributed by atoms with E-state index < -0.39 is 0 Å². The van der Waals surface area contributed by atoms with Gasteiger partial charge in [-0.2, -0.15) is 0 Å². The van der Waals surface area contributed by atoms with Crippen LogP contribution in [-0.4, -0.2) is 25.9 Å². The van der Waals surface area contributed by atoms with Gasteiger partial charge < -0.3 is 15.2 Å². The van der Waals surface area contributed by atoms with E-state index in [1.54, 1.807) is 0 Å². The van der Waals surface area contributed by atoms with Gasteiger partial charge in [0, 0.05) is 6.04 Å². The molecule has 0 spiro atoms. The van der Waals surface area contributed by atoms with Crippen molar-refractivity contribution in [1.82, 2.24) is 0 Å². The molecule has 0 fully saturated rings. The summed E-state index contributed by atoms with van der Waals surface area (Å²) in [6.07, 6.45) is 0.942. The van der Waals surface area contributed by atoms with Crippen molar-refractivity contribution in [2.24, 2.45) is 5.73 Å². The van der Waals surface area contributed by atoms with Gasteiger partial charge in [0.15, 0.2) is 0 Å². The zero-order chi connectivity index (χ0) is 13.5. The van der Waals surface area contributed by atoms with Gasteiger partial charge in [0.2, 0.25) is 0 Å². The van der Waals surface area contributed by atoms with E-state index in [9.17, 15) is 0 Å². The largest absolute Gasteiger partial charge is 0.491 e. The molecular weight excluding hydrogens is 226 g/mol. The molecule has 0 aliphatic heterocycles. The van der Waals surface area contributed by atoms with Crippen molar-refractivity contribution in [3.63, 3.8) is 0 Å². The standard InChI is InChI=1S/C15H25NO2/c1-5-14(16)10-17-6-7-18-15-12(3)8-11(2)9-13(15)4/h8-9,14H,5-7,10,16H2,1-4H3. The van der Waals surface area contributed by atoms with Crippen LogP contribution in [0.2, 0.25) is 0 Å². The lowest BCUT2D eigenvalue weighted by Crippen LogP contribution is -2.26. The van der Waals surface area contributed by atoms with Crippen LogP contribution >= 0.6 is 0 Å². The van der Waals surface area contributed by atoms with E-state index >= 15 is 0 Å². The average Bonchev–Trinajstić information content (AvgIpc) is 2.31. The molecule has 0 aliphatic carbocycles. The lowest BCUT2D eigenvalue weighted by Gasteiger charge is -2.14. The molecule has 1 unspecified atom stereocenters. The third kappa shape index (κ3) is 4.67. The highest BCUT2D eigenvalue weighted by Gasteiger charge is 2.05. The van der Waals surface area contributed by atoms with Crippen molar-refractivity contribution in [3.8, 4) is 5.75 Å². The summed E-state index contributed by atoms with van der Waals surface area (Å²) in [5.74, 6) is 0.976. The quantitative estimate of drug-likeness (QED) is 0.758. The molecule has 0 saturated heterocycles. The minimum absolute atomic E-state index is 0.132. The molecule has 18 heavy (non-hydrogen) atoms. The predicted octanol–water partition coefficient (Wildman–Crippen LogP) is 2.74. The third-order valence-corrected chi connectivity index (χ3v) is 2.94. The highest BCUT2D eigenvalue weighted by atomic mass is 16.5. The van der Waals surface area contributed by atoms with Gasteiger partial charge in [-0.1, -0.05) is 24.6 Å². The molecule has 3 heteroatoms. The second-order valence-corrected chi connectivity index (χ2v) is 4.82. The number of aryl methyl sites for hydroxylation is 3. The molecule has 0 amide bonds. The van der Waals surface area contributed by atoms with Crippen molar-refractivity contribution >= 4 is 0 Å². The summed E-state index contributed by atoms with van der Waals surface area (Å²) >= 11 is 0. The third-order valence-electron chi connectivity index (χ3n) is 2.94. The Labute approximate surface area is 110 Å². The number of hydrogen-bond acceptors (Lipinski definition) is 3. The first-order chi connectivity index (χ1) is 8.54. The van der Waals surface area contributed by atoms with Gasteiger partial charge >= 0.3 is 0 Å². The number of rotatable bonds is 7. The summed E-state index contributed by atoms with van der Waals surface area (Å²) < 4.78 is 11.2. The van der Waals surface area contributed by atoms with Crippen molar-refractivity contribution in [2.75, 3.05) is 19.8 Å². The van der Waals surface area contributed by atoms with E-state index in [4.69, 9.17) is 15.2 Å². The molecule has 0 saturated carbocycles. The van der Waals surface area contributed by atoms with Crippen LogP contribution in [0.15, 0.2) is 12.1 Å². The molecule has 102 valence electrons. The molecule has 1 aromatic carbocycles. The molecule has 0 radical (unpaired) electrons. The Bertz CT molecular complexity index is 354. The van der Waals surface area contributed by atoms with Gasteiger partial charge in [-0.25, -0.2) is 0 Å². The second-order valence-electron chi connectivity index (χ2n) is 4.82. The molecule has 1 rings (SSSR count). The lowest BCUT2D eigenvalue weighted by atomic mass is 10.1. The van der Waals surface area contributed by atoms with E-state index in [0.29, 0.717) is 19.8 Å². The monoisotopic (exact) mass is 251 g/mol. The summed E-state index contributed by atoms with van der Waals surface area (Å²) in [5.41, 5.74) is 9.39. The minimum Gasteiger partial charge on any atom is -0.491 e. The van der Waals surface area contributed by atoms with Crippen LogP contribution in [0.25, 0.3) is 0 Å². The highest BCUT2D eigenvalue weighted by molar-refractivity contribution is 5.42. The fourth-order valence-corrected chi connectivity index (χ4v) is 1.95. The summed E-state index contributed by atoms with van der Waals surface area (Å²) in [6.45, 7) is 10.1. The van der Waals surface area contributed by atoms with E-state index in [2.05, 4.69) is 39.8 Å². The number of hydrogen-bond donors (Lipinski definition) is 1. The smallest absolute Gasteiger partial charge is 0.125 e. The minimum atomic E-state index is 0.132. The Morgan fingerprint density at radius 3 is 2.28 bits per heavy atom. The zero-order valence-electron chi connectivity index (χ0n) is 12.0. The van der Waals surface area contributed by atoms with Crippen molar-refractivity contribution in [2.45, 2.75) is 40.2 Å². The van der Waals surface area contributed by atoms with E-state index in [-0.39, 0.29) is 6.04 Å². The zero-order valence-corrected chi connectivity index (χ0v) is 12.0. The molecule has 1 aromatic rings. The molecular formula is C15H25NO2. The van der Waals surface area contributed by atoms with Crippen molar-refractivity contribution in [3.05, 3.63) is 28.8 Å². The van der Waals surface area contributed by atoms with Crippen LogP contribution in [0, 0.1) is 20.8 Å². The van der Waals surface area contributed by atoms with Gasteiger partial charge in [0.25, 0.3) is 0 Å². The van der Waals surface area contributed by atoms with E-state index in [1.165, 1.54) is 16.7 Å². The number of ether oxygens (including phenoxy) is 2. The molecule has 1 atom stereocenters. The van der Waals surface area contributed by atoms with Gasteiger partial charge in [-0.05, 0) is 38.3 Å². The Balaban J connectivity index is 2.36. The summed E-state index contributed by atoms with van der Waals surface area (Å²) in [4.78, 5) is 0. The van der Waals surface area contributed by atoms with Crippen molar-refractivity contribution < 1.29 is 9.47 Å². The first-order valence-corrected chi connectivity index (χ1v) is 6.58. The fraction of sp³-hybridized carbons (Fsp3) is 0.600. The maximum absolute atomic E-state index is 5.77. The summed E-state index contributed by atoms with van der Waals surface area (Å²) in [6, 6.07) is 4.40. The molecule has 0 aromatic heterocycles. The normalized spacial score (nSPS) is 12.5. The Morgan fingerprint density at radius 1 is 1.11 bits per heavy atom. The molecule has 2 N–H and O–H groups in total. The van der Waals surface area contributed by atoms with Crippen LogP contribution in [0.4, 0.5) is 0 Å². The SMILES string of the molecule is CCC(N)COCCOc1c(C)cc(C)cc1C. The fourth-order valence-electron chi connectivity index (χ4n) is 1.95. The average molecular weight is 251 g/mol. The summed E-state index contributed by atoms with van der Waals surface area (Å²) in [7, 11) is 0. The first kappa shape index (κ1) is 15.0. The molecule has 0 aliphatic rings. The van der Waals surface area contributed by atoms with Crippen LogP contribution in [0.5, 0.6) is 5.75 Å². The molecule has 0 heterocycles. The van der Waals surface area contributed by atoms with Gasteiger partial charge in [-0.15, -0.1) is 0 Å². The van der Waals surface area contributed by atoms with Crippen LogP contribution in [0.3, 0.4) is 0 Å². The van der Waals surface area contributed by atoms with Crippen LogP contribution in [-0.2, 0) is 4.74 Å². The van der Waals surface area contributed by atoms with Gasteiger partial charge in [-0.3, -0.25) is 0 Å². The Morgan fingerprint density at radius 2 is 1.72 bits per heavy atom. The topological polar surface area (TPSA) is 44.5 Å². The lowest BCUT2D eigenvalue weighted by molar-refractivity contribution is 0.0893. The van der Waals surface area contributed by atoms with E-state index in [0.717, 1.165) is 12.2 Å². The van der Waals surface area contributed by atoms with Crippen molar-refractivity contribution in [1.29, 1.82) is 0 Å². The maximum Gasteiger partial charge on any atom is 0.125 e. The van der Waals surface area contributed by atoms with Gasteiger partial charge in [0.1, 0.15) is 12.4 Å². The Hall–Kier alpha value is -1.06. The first-order valence-electron chi connectivity index (χ1n) is 6.58. The highest BCUT2D eigenvalue weighted by Crippen LogP contribution is 2.24. The second kappa shape index (κ2) is 7.39. The molecule has 0 bridgehead atoms. The Kier molecular flexibility index (Phi) is 6.16. The summed E-state index contributed by atoms with van der Waals surface area (Å²) in [5, 5.41) is 0. The molecule has 3 nitrogen and oxygen atoms in total.